The van der Waals surface area contributed by atoms with Gasteiger partial charge in [-0.2, -0.15) is 0 Å². The van der Waals surface area contributed by atoms with Gasteiger partial charge in [0.1, 0.15) is 0 Å². The van der Waals surface area contributed by atoms with E-state index >= 15 is 0 Å². The summed E-state index contributed by atoms with van der Waals surface area (Å²) >= 11 is 1.16. The maximum absolute atomic E-state index is 12.0. The molecular formula is C18H26ClN3O2S. The van der Waals surface area contributed by atoms with Gasteiger partial charge in [-0.25, -0.2) is 0 Å². The highest BCUT2D eigenvalue weighted by Crippen LogP contribution is 2.17. The summed E-state index contributed by atoms with van der Waals surface area (Å²) in [5, 5.41) is 4.65. The van der Waals surface area contributed by atoms with Gasteiger partial charge in [0.15, 0.2) is 0 Å². The molecule has 0 aliphatic heterocycles. The van der Waals surface area contributed by atoms with Crippen LogP contribution in [-0.2, 0) is 11.3 Å². The van der Waals surface area contributed by atoms with Crippen LogP contribution in [0.2, 0.25) is 0 Å². The van der Waals surface area contributed by atoms with Crippen molar-refractivity contribution in [1.82, 2.24) is 9.88 Å². The van der Waals surface area contributed by atoms with Gasteiger partial charge in [-0.3, -0.25) is 9.59 Å². The van der Waals surface area contributed by atoms with Gasteiger partial charge in [0.25, 0.3) is 0 Å². The summed E-state index contributed by atoms with van der Waals surface area (Å²) in [6.07, 6.45) is 0.274. The zero-order valence-electron chi connectivity index (χ0n) is 14.8. The van der Waals surface area contributed by atoms with E-state index < -0.39 is 0 Å². The number of rotatable bonds is 7. The van der Waals surface area contributed by atoms with Crippen LogP contribution in [0, 0.1) is 6.92 Å². The number of benzene rings is 1. The van der Waals surface area contributed by atoms with E-state index in [1.807, 2.05) is 19.1 Å². The van der Waals surface area contributed by atoms with Gasteiger partial charge in [0, 0.05) is 36.6 Å². The van der Waals surface area contributed by atoms with Crippen molar-refractivity contribution in [1.29, 1.82) is 0 Å². The molecule has 138 valence electrons. The summed E-state index contributed by atoms with van der Waals surface area (Å²) in [7, 11) is 0. The number of carbonyl (C=O) groups is 1. The lowest BCUT2D eigenvalue weighted by molar-refractivity contribution is -0.121. The molecule has 7 heteroatoms. The van der Waals surface area contributed by atoms with Crippen molar-refractivity contribution in [3.63, 3.8) is 0 Å². The van der Waals surface area contributed by atoms with E-state index in [0.29, 0.717) is 19.0 Å². The van der Waals surface area contributed by atoms with Gasteiger partial charge in [-0.1, -0.05) is 49.4 Å². The van der Waals surface area contributed by atoms with Crippen molar-refractivity contribution < 1.29 is 4.79 Å². The molecule has 0 saturated heterocycles. The first kappa shape index (κ1) is 21.4. The van der Waals surface area contributed by atoms with Crippen LogP contribution in [0.1, 0.15) is 49.0 Å². The fourth-order valence-electron chi connectivity index (χ4n) is 2.45. The van der Waals surface area contributed by atoms with Crippen LogP contribution in [0.15, 0.2) is 34.4 Å². The first-order valence-electron chi connectivity index (χ1n) is 8.15. The third-order valence-corrected chi connectivity index (χ3v) is 4.97. The first-order valence-corrected chi connectivity index (χ1v) is 9.03. The minimum atomic E-state index is -0.235. The van der Waals surface area contributed by atoms with Gasteiger partial charge in [0.05, 0.1) is 0 Å². The Labute approximate surface area is 158 Å². The van der Waals surface area contributed by atoms with Gasteiger partial charge in [0.2, 0.25) is 5.91 Å². The number of hydrogen-bond acceptors (Lipinski definition) is 4. The number of carbonyl (C=O) groups excluding carboxylic acids is 1. The number of nitrogens with two attached hydrogens (primary N) is 1. The molecule has 2 rings (SSSR count). The molecule has 1 unspecified atom stereocenters. The van der Waals surface area contributed by atoms with Gasteiger partial charge >= 0.3 is 4.87 Å². The standard InChI is InChI=1S/C18H25N3O2S.ClH/c1-12(2)14-4-6-15(7-5-14)16(19)10-20-17(22)8-9-21-13(3)11-24-18(21)23;/h4-7,11-12,16H,8-10,19H2,1-3H3,(H,20,22);1H. The molecule has 1 atom stereocenters. The maximum Gasteiger partial charge on any atom is 0.307 e. The molecule has 0 bridgehead atoms. The molecule has 2 aromatic rings. The molecule has 1 aromatic heterocycles. The lowest BCUT2D eigenvalue weighted by Crippen LogP contribution is -2.33. The van der Waals surface area contributed by atoms with Crippen molar-refractivity contribution in [3.8, 4) is 0 Å². The predicted molar refractivity (Wildman–Crippen MR) is 106 cm³/mol. The van der Waals surface area contributed by atoms with Crippen LogP contribution in [0.25, 0.3) is 0 Å². The van der Waals surface area contributed by atoms with Crippen LogP contribution in [0.3, 0.4) is 0 Å². The van der Waals surface area contributed by atoms with Gasteiger partial charge < -0.3 is 15.6 Å². The molecule has 3 N–H and O–H groups in total. The van der Waals surface area contributed by atoms with E-state index in [4.69, 9.17) is 5.73 Å². The second kappa shape index (κ2) is 9.75. The summed E-state index contributed by atoms with van der Waals surface area (Å²) < 4.78 is 1.62. The minimum absolute atomic E-state index is 0. The SMILES string of the molecule is Cc1csc(=O)n1CCC(=O)NCC(N)c1ccc(C(C)C)cc1.Cl. The largest absolute Gasteiger partial charge is 0.354 e. The highest BCUT2D eigenvalue weighted by Gasteiger charge is 2.10. The Morgan fingerprint density at radius 2 is 1.84 bits per heavy atom. The average molecular weight is 384 g/mol. The van der Waals surface area contributed by atoms with Crippen molar-refractivity contribution in [2.75, 3.05) is 6.54 Å². The van der Waals surface area contributed by atoms with E-state index in [2.05, 4.69) is 31.3 Å². The molecule has 0 radical (unpaired) electrons. The topological polar surface area (TPSA) is 77.1 Å². The fourth-order valence-corrected chi connectivity index (χ4v) is 3.21. The molecule has 1 aromatic carbocycles. The Morgan fingerprint density at radius 3 is 2.36 bits per heavy atom. The molecule has 0 aliphatic rings. The molecule has 0 aliphatic carbocycles. The van der Waals surface area contributed by atoms with Gasteiger partial charge in [-0.05, 0) is 24.0 Å². The summed E-state index contributed by atoms with van der Waals surface area (Å²) in [4.78, 5) is 23.5. The third kappa shape index (κ3) is 5.99. The molecule has 1 amide bonds. The van der Waals surface area contributed by atoms with Crippen molar-refractivity contribution >= 4 is 29.7 Å². The molecule has 0 saturated carbocycles. The highest BCUT2D eigenvalue weighted by molar-refractivity contribution is 7.07. The second-order valence-corrected chi connectivity index (χ2v) is 7.10. The van der Waals surface area contributed by atoms with Crippen LogP contribution in [0.4, 0.5) is 0 Å². The second-order valence-electron chi connectivity index (χ2n) is 6.28. The Bertz CT molecular complexity index is 738. The predicted octanol–water partition coefficient (Wildman–Crippen LogP) is 2.97. The number of nitrogens with one attached hydrogen (secondary N) is 1. The molecular weight excluding hydrogens is 358 g/mol. The lowest BCUT2D eigenvalue weighted by Gasteiger charge is -2.15. The fraction of sp³-hybridized carbons (Fsp3) is 0.444. The van der Waals surface area contributed by atoms with E-state index in [-0.39, 0.29) is 35.6 Å². The summed E-state index contributed by atoms with van der Waals surface area (Å²) in [5.41, 5.74) is 9.30. The average Bonchev–Trinajstić information content (AvgIpc) is 2.89. The summed E-state index contributed by atoms with van der Waals surface area (Å²) in [6.45, 7) is 6.95. The number of nitrogens with zero attached hydrogens (tertiary/aromatic N) is 1. The van der Waals surface area contributed by atoms with Gasteiger partial charge in [-0.15, -0.1) is 12.4 Å². The quantitative estimate of drug-likeness (QED) is 0.771. The molecule has 0 fully saturated rings. The van der Waals surface area contributed by atoms with E-state index in [1.54, 1.807) is 9.95 Å². The normalized spacial score (nSPS) is 11.9. The number of amides is 1. The van der Waals surface area contributed by atoms with Crippen molar-refractivity contribution in [3.05, 3.63) is 56.1 Å². The molecule has 25 heavy (non-hydrogen) atoms. The Morgan fingerprint density at radius 1 is 1.24 bits per heavy atom. The van der Waals surface area contributed by atoms with E-state index in [0.717, 1.165) is 22.6 Å². The van der Waals surface area contributed by atoms with Crippen molar-refractivity contribution in [2.24, 2.45) is 5.73 Å². The number of aromatic nitrogens is 1. The number of aryl methyl sites for hydroxylation is 1. The summed E-state index contributed by atoms with van der Waals surface area (Å²) in [5.74, 6) is 0.390. The van der Waals surface area contributed by atoms with Crippen molar-refractivity contribution in [2.45, 2.75) is 45.7 Å². The van der Waals surface area contributed by atoms with Crippen LogP contribution in [-0.4, -0.2) is 17.0 Å². The van der Waals surface area contributed by atoms with Crippen LogP contribution < -0.4 is 15.9 Å². The molecule has 5 nitrogen and oxygen atoms in total. The monoisotopic (exact) mass is 383 g/mol. The zero-order valence-corrected chi connectivity index (χ0v) is 16.5. The Balaban J connectivity index is 0.00000312. The molecule has 1 heterocycles. The van der Waals surface area contributed by atoms with E-state index in [1.165, 1.54) is 5.56 Å². The number of thiazole rings is 1. The third-order valence-electron chi connectivity index (χ3n) is 4.09. The van der Waals surface area contributed by atoms with Crippen LogP contribution >= 0.6 is 23.7 Å². The van der Waals surface area contributed by atoms with Crippen LogP contribution in [0.5, 0.6) is 0 Å². The lowest BCUT2D eigenvalue weighted by atomic mass is 9.99. The smallest absolute Gasteiger partial charge is 0.307 e. The van der Waals surface area contributed by atoms with E-state index in [9.17, 15) is 9.59 Å². The summed E-state index contributed by atoms with van der Waals surface area (Å²) in [6, 6.07) is 7.95. The number of halogens is 1. The Hall–Kier alpha value is -1.63. The number of hydrogen-bond donors (Lipinski definition) is 2. The molecule has 0 spiro atoms. The minimum Gasteiger partial charge on any atom is -0.354 e. The zero-order chi connectivity index (χ0) is 17.7. The maximum atomic E-state index is 12.0. The first-order chi connectivity index (χ1) is 11.4. The Kier molecular flexibility index (Phi) is 8.35. The highest BCUT2D eigenvalue weighted by atomic mass is 35.5.